The van der Waals surface area contributed by atoms with Crippen LogP contribution in [0.15, 0.2) is 76.3 Å². The van der Waals surface area contributed by atoms with Crippen LogP contribution in [0.25, 0.3) is 0 Å². The molecule has 1 atom stereocenters. The molecule has 3 aromatic rings. The third-order valence-corrected chi connectivity index (χ3v) is 7.37. The molecule has 152 valence electrons. The van der Waals surface area contributed by atoms with E-state index in [0.29, 0.717) is 11.6 Å². The maximum atomic E-state index is 12.9. The summed E-state index contributed by atoms with van der Waals surface area (Å²) in [5, 5.41) is 4.53. The summed E-state index contributed by atoms with van der Waals surface area (Å²) in [6.45, 7) is 4.20. The van der Waals surface area contributed by atoms with Gasteiger partial charge in [-0.25, -0.2) is 8.42 Å². The molecule has 0 aliphatic carbocycles. The fraction of sp³-hybridized carbons (Fsp3) is 0.227. The Hall–Kier alpha value is -2.48. The number of carbonyl (C=O) groups excluding carboxylic acids is 1. The summed E-state index contributed by atoms with van der Waals surface area (Å²) in [5.41, 5.74) is 2.67. The van der Waals surface area contributed by atoms with E-state index in [1.54, 1.807) is 11.4 Å². The van der Waals surface area contributed by atoms with Crippen molar-refractivity contribution in [2.45, 2.75) is 36.4 Å². The van der Waals surface area contributed by atoms with Crippen LogP contribution in [0.3, 0.4) is 0 Å². The van der Waals surface area contributed by atoms with E-state index in [1.807, 2.05) is 54.6 Å². The summed E-state index contributed by atoms with van der Waals surface area (Å²) in [4.78, 5) is 12.9. The second-order valence-corrected chi connectivity index (χ2v) is 9.95. The molecule has 29 heavy (non-hydrogen) atoms. The average Bonchev–Trinajstić information content (AvgIpc) is 3.24. The molecule has 1 unspecified atom stereocenters. The molecule has 5 nitrogen and oxygen atoms in total. The Labute approximate surface area is 175 Å². The van der Waals surface area contributed by atoms with Gasteiger partial charge < -0.3 is 5.32 Å². The highest BCUT2D eigenvalue weighted by Crippen LogP contribution is 2.19. The number of amides is 1. The normalized spacial score (nSPS) is 12.7. The zero-order chi connectivity index (χ0) is 20.9. The quantitative estimate of drug-likeness (QED) is 0.558. The smallest absolute Gasteiger partial charge is 0.250 e. The van der Waals surface area contributed by atoms with Crippen LogP contribution in [0.1, 0.15) is 30.9 Å². The molecule has 2 N–H and O–H groups in total. The van der Waals surface area contributed by atoms with E-state index in [4.69, 9.17) is 0 Å². The Morgan fingerprint density at radius 2 is 1.66 bits per heavy atom. The van der Waals surface area contributed by atoms with Crippen LogP contribution in [0, 0.1) is 0 Å². The van der Waals surface area contributed by atoms with Crippen molar-refractivity contribution >= 4 is 33.0 Å². The third-order valence-electron chi connectivity index (χ3n) is 4.50. The summed E-state index contributed by atoms with van der Waals surface area (Å²) in [7, 11) is -3.78. The lowest BCUT2D eigenvalue weighted by Gasteiger charge is -2.18. The van der Waals surface area contributed by atoms with Crippen LogP contribution in [0.4, 0.5) is 5.69 Å². The summed E-state index contributed by atoms with van der Waals surface area (Å²) < 4.78 is 28.1. The Morgan fingerprint density at radius 3 is 2.24 bits per heavy atom. The van der Waals surface area contributed by atoms with Gasteiger partial charge >= 0.3 is 0 Å². The van der Waals surface area contributed by atoms with E-state index in [2.05, 4.69) is 23.9 Å². The number of sulfonamides is 1. The summed E-state index contributed by atoms with van der Waals surface area (Å²) in [6.07, 6.45) is 0.251. The van der Waals surface area contributed by atoms with Crippen LogP contribution < -0.4 is 10.0 Å². The molecule has 0 radical (unpaired) electrons. The van der Waals surface area contributed by atoms with E-state index in [1.165, 1.54) is 11.6 Å². The van der Waals surface area contributed by atoms with Crippen LogP contribution >= 0.6 is 11.3 Å². The highest BCUT2D eigenvalue weighted by Gasteiger charge is 2.26. The molecule has 0 bridgehead atoms. The molecule has 0 saturated heterocycles. The van der Waals surface area contributed by atoms with Crippen molar-refractivity contribution < 1.29 is 13.2 Å². The fourth-order valence-electron chi connectivity index (χ4n) is 2.88. The monoisotopic (exact) mass is 428 g/mol. The summed E-state index contributed by atoms with van der Waals surface area (Å²) in [5.74, 6) is -0.00512. The van der Waals surface area contributed by atoms with Crippen molar-refractivity contribution in [2.24, 2.45) is 0 Å². The van der Waals surface area contributed by atoms with E-state index in [9.17, 15) is 13.2 Å². The largest absolute Gasteiger partial charge is 0.325 e. The second kappa shape index (κ2) is 9.35. The first-order valence-electron chi connectivity index (χ1n) is 9.36. The van der Waals surface area contributed by atoms with Crippen molar-refractivity contribution in [3.8, 4) is 0 Å². The molecule has 0 aliphatic heterocycles. The van der Waals surface area contributed by atoms with E-state index >= 15 is 0 Å². The highest BCUT2D eigenvalue weighted by molar-refractivity contribution is 7.91. The number of benzene rings is 2. The highest BCUT2D eigenvalue weighted by atomic mass is 32.2. The molecular weight excluding hydrogens is 404 g/mol. The molecule has 1 amide bonds. The standard InChI is InChI=1S/C22H24N2O3S2/c1-16(2)18-10-12-19(13-11-18)23-22(25)20(15-17-7-4-3-5-8-17)24-29(26,27)21-9-6-14-28-21/h3-14,16,20,24H,15H2,1-2H3,(H,23,25). The van der Waals surface area contributed by atoms with Crippen LogP contribution in [0.5, 0.6) is 0 Å². The van der Waals surface area contributed by atoms with Gasteiger partial charge in [0.2, 0.25) is 5.91 Å². The van der Waals surface area contributed by atoms with Gasteiger partial charge in [0, 0.05) is 5.69 Å². The molecular formula is C22H24N2O3S2. The molecule has 2 aromatic carbocycles. The Morgan fingerprint density at radius 1 is 0.966 bits per heavy atom. The van der Waals surface area contributed by atoms with Crippen LogP contribution in [-0.2, 0) is 21.2 Å². The van der Waals surface area contributed by atoms with Crippen molar-refractivity contribution in [1.82, 2.24) is 4.72 Å². The van der Waals surface area contributed by atoms with Crippen molar-refractivity contribution in [2.75, 3.05) is 5.32 Å². The molecule has 0 aliphatic rings. The van der Waals surface area contributed by atoms with Gasteiger partial charge in [-0.05, 0) is 47.0 Å². The van der Waals surface area contributed by atoms with Gasteiger partial charge in [-0.3, -0.25) is 4.79 Å². The number of anilines is 1. The second-order valence-electron chi connectivity index (χ2n) is 7.06. The minimum absolute atomic E-state index is 0.185. The number of hydrogen-bond donors (Lipinski definition) is 2. The van der Waals surface area contributed by atoms with Crippen LogP contribution in [0.2, 0.25) is 0 Å². The Kier molecular flexibility index (Phi) is 6.84. The number of rotatable bonds is 8. The first kappa shape index (κ1) is 21.2. The summed E-state index contributed by atoms with van der Waals surface area (Å²) >= 11 is 1.12. The maximum Gasteiger partial charge on any atom is 0.250 e. The van der Waals surface area contributed by atoms with E-state index < -0.39 is 22.0 Å². The Balaban J connectivity index is 1.80. The van der Waals surface area contributed by atoms with Gasteiger partial charge in [-0.1, -0.05) is 62.4 Å². The lowest BCUT2D eigenvalue weighted by molar-refractivity contribution is -0.117. The SMILES string of the molecule is CC(C)c1ccc(NC(=O)C(Cc2ccccc2)NS(=O)(=O)c2cccs2)cc1. The molecule has 1 aromatic heterocycles. The predicted molar refractivity (Wildman–Crippen MR) is 118 cm³/mol. The number of thiophene rings is 1. The Bertz CT molecular complexity index is 1030. The third kappa shape index (κ3) is 5.76. The molecule has 0 spiro atoms. The number of carbonyl (C=O) groups is 1. The predicted octanol–water partition coefficient (Wildman–Crippen LogP) is 4.40. The average molecular weight is 429 g/mol. The fourth-order valence-corrected chi connectivity index (χ4v) is 5.09. The lowest BCUT2D eigenvalue weighted by atomic mass is 10.0. The van der Waals surface area contributed by atoms with E-state index in [-0.39, 0.29) is 10.6 Å². The minimum Gasteiger partial charge on any atom is -0.325 e. The van der Waals surface area contributed by atoms with Gasteiger partial charge in [0.25, 0.3) is 10.0 Å². The molecule has 3 rings (SSSR count). The van der Waals surface area contributed by atoms with Crippen LogP contribution in [-0.4, -0.2) is 20.4 Å². The zero-order valence-electron chi connectivity index (χ0n) is 16.3. The number of nitrogens with one attached hydrogen (secondary N) is 2. The lowest BCUT2D eigenvalue weighted by Crippen LogP contribution is -2.45. The van der Waals surface area contributed by atoms with Gasteiger partial charge in [0.15, 0.2) is 0 Å². The zero-order valence-corrected chi connectivity index (χ0v) is 18.0. The molecule has 7 heteroatoms. The molecule has 0 fully saturated rings. The summed E-state index contributed by atoms with van der Waals surface area (Å²) in [6, 6.07) is 19.2. The van der Waals surface area contributed by atoms with Crippen molar-refractivity contribution in [1.29, 1.82) is 0 Å². The molecule has 0 saturated carbocycles. The van der Waals surface area contributed by atoms with Gasteiger partial charge in [0.1, 0.15) is 10.3 Å². The van der Waals surface area contributed by atoms with E-state index in [0.717, 1.165) is 16.9 Å². The minimum atomic E-state index is -3.78. The first-order chi connectivity index (χ1) is 13.8. The van der Waals surface area contributed by atoms with Gasteiger partial charge in [-0.15, -0.1) is 11.3 Å². The van der Waals surface area contributed by atoms with Crippen molar-refractivity contribution in [3.63, 3.8) is 0 Å². The van der Waals surface area contributed by atoms with Crippen molar-refractivity contribution in [3.05, 3.63) is 83.2 Å². The topological polar surface area (TPSA) is 75.3 Å². The first-order valence-corrected chi connectivity index (χ1v) is 11.7. The maximum absolute atomic E-state index is 12.9. The number of hydrogen-bond acceptors (Lipinski definition) is 4. The van der Waals surface area contributed by atoms with Gasteiger partial charge in [-0.2, -0.15) is 4.72 Å². The van der Waals surface area contributed by atoms with Gasteiger partial charge in [0.05, 0.1) is 0 Å². The molecule has 1 heterocycles.